The topological polar surface area (TPSA) is 60.9 Å². The number of nitrogens with zero attached hydrogens (tertiary/aromatic N) is 3. The molecule has 0 unspecified atom stereocenters. The molecule has 5 nitrogen and oxygen atoms in total. The minimum atomic E-state index is -0.256. The van der Waals surface area contributed by atoms with E-state index in [1.165, 1.54) is 17.3 Å². The zero-order valence-electron chi connectivity index (χ0n) is 15.0. The van der Waals surface area contributed by atoms with Crippen molar-refractivity contribution in [2.75, 3.05) is 0 Å². The van der Waals surface area contributed by atoms with Gasteiger partial charge in [0, 0.05) is 12.6 Å². The van der Waals surface area contributed by atoms with Gasteiger partial charge in [0.05, 0.1) is 11.5 Å². The first-order valence-electron chi connectivity index (χ1n) is 8.10. The normalized spacial score (nSPS) is 12.4. The molecule has 0 saturated heterocycles. The van der Waals surface area contributed by atoms with E-state index >= 15 is 0 Å². The van der Waals surface area contributed by atoms with Gasteiger partial charge in [0.25, 0.3) is 0 Å². The Morgan fingerprint density at radius 3 is 2.56 bits per heavy atom. The fourth-order valence-corrected chi connectivity index (χ4v) is 3.58. The maximum Gasteiger partial charge on any atom is 0.200 e. The summed E-state index contributed by atoms with van der Waals surface area (Å²) in [6.45, 7) is 7.98. The Morgan fingerprint density at radius 1 is 1.16 bits per heavy atom. The summed E-state index contributed by atoms with van der Waals surface area (Å²) in [6.07, 6.45) is 1.60. The van der Waals surface area contributed by atoms with Crippen molar-refractivity contribution in [3.05, 3.63) is 52.8 Å². The van der Waals surface area contributed by atoms with E-state index in [-0.39, 0.29) is 11.0 Å². The van der Waals surface area contributed by atoms with E-state index in [4.69, 9.17) is 4.42 Å². The van der Waals surface area contributed by atoms with Crippen LogP contribution in [0.5, 0.6) is 0 Å². The molecular weight excluding hydrogens is 334 g/mol. The second-order valence-electron chi connectivity index (χ2n) is 6.22. The highest BCUT2D eigenvalue weighted by Crippen LogP contribution is 2.28. The Bertz CT molecular complexity index is 913. The van der Waals surface area contributed by atoms with E-state index in [1.807, 2.05) is 50.6 Å². The van der Waals surface area contributed by atoms with Crippen LogP contribution in [-0.2, 0) is 7.05 Å². The number of thioether (sulfide) groups is 1. The first kappa shape index (κ1) is 17.5. The number of rotatable bonds is 5. The Hall–Kier alpha value is -2.34. The van der Waals surface area contributed by atoms with E-state index in [9.17, 15) is 4.79 Å². The maximum atomic E-state index is 12.9. The van der Waals surface area contributed by atoms with Crippen molar-refractivity contribution in [1.82, 2.24) is 14.8 Å². The van der Waals surface area contributed by atoms with Gasteiger partial charge in [-0.15, -0.1) is 10.2 Å². The molecule has 2 heterocycles. The lowest BCUT2D eigenvalue weighted by Gasteiger charge is -2.13. The molecule has 0 N–H and O–H groups in total. The number of hydrogen-bond acceptors (Lipinski definition) is 5. The quantitative estimate of drug-likeness (QED) is 0.502. The van der Waals surface area contributed by atoms with Gasteiger partial charge in [-0.3, -0.25) is 4.79 Å². The van der Waals surface area contributed by atoms with Gasteiger partial charge in [0.1, 0.15) is 0 Å². The zero-order chi connectivity index (χ0) is 18.1. The molecule has 2 aromatic heterocycles. The summed E-state index contributed by atoms with van der Waals surface area (Å²) in [5, 5.41) is 8.81. The van der Waals surface area contributed by atoms with Crippen LogP contribution in [0.3, 0.4) is 0 Å². The molecule has 1 aromatic carbocycles. The van der Waals surface area contributed by atoms with Gasteiger partial charge in [-0.05, 0) is 62.6 Å². The molecule has 0 aliphatic heterocycles. The maximum absolute atomic E-state index is 12.9. The molecule has 1 atom stereocenters. The van der Waals surface area contributed by atoms with Gasteiger partial charge in [-0.1, -0.05) is 17.8 Å². The number of aryl methyl sites for hydroxylation is 3. The lowest BCUT2D eigenvalue weighted by atomic mass is 9.97. The van der Waals surface area contributed by atoms with Gasteiger partial charge < -0.3 is 8.98 Å². The Morgan fingerprint density at radius 2 is 1.88 bits per heavy atom. The van der Waals surface area contributed by atoms with Crippen molar-refractivity contribution in [2.45, 2.75) is 38.1 Å². The fourth-order valence-electron chi connectivity index (χ4n) is 2.69. The third-order valence-electron chi connectivity index (χ3n) is 4.33. The predicted octanol–water partition coefficient (Wildman–Crippen LogP) is 4.36. The lowest BCUT2D eigenvalue weighted by molar-refractivity contribution is 0.0993. The van der Waals surface area contributed by atoms with Crippen LogP contribution in [0, 0.1) is 20.8 Å². The molecule has 0 fully saturated rings. The van der Waals surface area contributed by atoms with Gasteiger partial charge in [-0.2, -0.15) is 0 Å². The molecule has 3 rings (SSSR count). The van der Waals surface area contributed by atoms with Crippen molar-refractivity contribution < 1.29 is 9.21 Å². The van der Waals surface area contributed by atoms with Crippen LogP contribution in [-0.4, -0.2) is 25.8 Å². The number of hydrogen-bond donors (Lipinski definition) is 0. The van der Waals surface area contributed by atoms with Crippen LogP contribution in [0.2, 0.25) is 0 Å². The summed E-state index contributed by atoms with van der Waals surface area (Å²) in [5.41, 5.74) is 4.11. The second-order valence-corrected chi connectivity index (χ2v) is 7.53. The number of furan rings is 1. The highest BCUT2D eigenvalue weighted by Gasteiger charge is 2.22. The smallest absolute Gasteiger partial charge is 0.200 e. The van der Waals surface area contributed by atoms with E-state index in [1.54, 1.807) is 6.26 Å². The minimum Gasteiger partial charge on any atom is -0.461 e. The number of Topliss-reactive ketones (excluding diaryl/α,β-unsaturated/α-hetero) is 1. The van der Waals surface area contributed by atoms with Crippen LogP contribution in [0.4, 0.5) is 0 Å². The Labute approximate surface area is 151 Å². The molecule has 130 valence electrons. The molecule has 0 bridgehead atoms. The molecule has 0 spiro atoms. The van der Waals surface area contributed by atoms with Crippen molar-refractivity contribution in [3.8, 4) is 11.6 Å². The molecule has 25 heavy (non-hydrogen) atoms. The molecule has 0 saturated carbocycles. The van der Waals surface area contributed by atoms with E-state index in [0.717, 1.165) is 16.7 Å². The Kier molecular flexibility index (Phi) is 4.81. The first-order chi connectivity index (χ1) is 11.9. The monoisotopic (exact) mass is 355 g/mol. The summed E-state index contributed by atoms with van der Waals surface area (Å²) in [6, 6.07) is 7.70. The summed E-state index contributed by atoms with van der Waals surface area (Å²) < 4.78 is 7.22. The number of aromatic nitrogens is 3. The number of carbonyl (C=O) groups is 1. The van der Waals surface area contributed by atoms with E-state index < -0.39 is 0 Å². The minimum absolute atomic E-state index is 0.105. The van der Waals surface area contributed by atoms with Crippen LogP contribution in [0.1, 0.15) is 34.0 Å². The molecule has 6 heteroatoms. The van der Waals surface area contributed by atoms with Gasteiger partial charge >= 0.3 is 0 Å². The van der Waals surface area contributed by atoms with E-state index in [2.05, 4.69) is 23.2 Å². The molecular formula is C19H21N3O2S. The van der Waals surface area contributed by atoms with Crippen LogP contribution in [0.15, 0.2) is 40.1 Å². The Balaban J connectivity index is 1.82. The van der Waals surface area contributed by atoms with Crippen LogP contribution < -0.4 is 0 Å². The number of carbonyl (C=O) groups excluding carboxylic acids is 1. The lowest BCUT2D eigenvalue weighted by Crippen LogP contribution is -2.16. The van der Waals surface area contributed by atoms with Crippen molar-refractivity contribution in [1.29, 1.82) is 0 Å². The summed E-state index contributed by atoms with van der Waals surface area (Å²) in [5.74, 6) is 1.41. The van der Waals surface area contributed by atoms with Crippen LogP contribution >= 0.6 is 11.8 Å². The standard InChI is InChI=1S/C19H21N3O2S/c1-11-9-13(3)15(10-12(11)2)17(23)14(4)25-19-21-20-18(22(19)5)16-7-6-8-24-16/h6-10,14H,1-5H3/t14-/m0/s1. The summed E-state index contributed by atoms with van der Waals surface area (Å²) in [4.78, 5) is 12.9. The fraction of sp³-hybridized carbons (Fsp3) is 0.316. The summed E-state index contributed by atoms with van der Waals surface area (Å²) in [7, 11) is 1.87. The number of benzene rings is 1. The first-order valence-corrected chi connectivity index (χ1v) is 8.98. The molecule has 0 radical (unpaired) electrons. The highest BCUT2D eigenvalue weighted by molar-refractivity contribution is 8.00. The SMILES string of the molecule is Cc1cc(C)c(C(=O)[C@H](C)Sc2nnc(-c3ccco3)n2C)cc1C. The van der Waals surface area contributed by atoms with Gasteiger partial charge in [-0.25, -0.2) is 0 Å². The van der Waals surface area contributed by atoms with Crippen molar-refractivity contribution in [3.63, 3.8) is 0 Å². The molecule has 0 aliphatic rings. The average Bonchev–Trinajstić information content (AvgIpc) is 3.21. The summed E-state index contributed by atoms with van der Waals surface area (Å²) >= 11 is 1.41. The third-order valence-corrected chi connectivity index (χ3v) is 5.47. The largest absolute Gasteiger partial charge is 0.461 e. The zero-order valence-corrected chi connectivity index (χ0v) is 15.8. The molecule has 0 aliphatic carbocycles. The van der Waals surface area contributed by atoms with E-state index in [0.29, 0.717) is 16.7 Å². The predicted molar refractivity (Wildman–Crippen MR) is 99.0 cm³/mol. The second kappa shape index (κ2) is 6.88. The highest BCUT2D eigenvalue weighted by atomic mass is 32.2. The number of ketones is 1. The van der Waals surface area contributed by atoms with Crippen LogP contribution in [0.25, 0.3) is 11.6 Å². The van der Waals surface area contributed by atoms with Gasteiger partial charge in [0.15, 0.2) is 22.5 Å². The average molecular weight is 355 g/mol. The van der Waals surface area contributed by atoms with Crippen molar-refractivity contribution in [2.24, 2.45) is 7.05 Å². The van der Waals surface area contributed by atoms with Crippen molar-refractivity contribution >= 4 is 17.5 Å². The third kappa shape index (κ3) is 3.39. The molecule has 3 aromatic rings. The van der Waals surface area contributed by atoms with Gasteiger partial charge in [0.2, 0.25) is 0 Å². The molecule has 0 amide bonds.